The standard InChI is InChI=1S/C23H28N2O3/c1-23(2)17-8-5-6-9-19(17)25-15-13-18-16(22(23)25)11-12-20(26)24(18)14-7-3-4-10-21(27)28/h5-6,8-9,11-12,18H,3-4,7,10,13-15H2,1-2H3,(H,27,28). The second kappa shape index (κ2) is 7.12. The van der Waals surface area contributed by atoms with Gasteiger partial charge in [-0.15, -0.1) is 0 Å². The molecule has 148 valence electrons. The third-order valence-electron chi connectivity index (χ3n) is 6.34. The van der Waals surface area contributed by atoms with Crippen molar-refractivity contribution in [2.75, 3.05) is 18.0 Å². The van der Waals surface area contributed by atoms with Crippen LogP contribution < -0.4 is 4.90 Å². The van der Waals surface area contributed by atoms with Gasteiger partial charge in [0, 0.05) is 42.4 Å². The fourth-order valence-corrected chi connectivity index (χ4v) is 5.06. The summed E-state index contributed by atoms with van der Waals surface area (Å²) in [7, 11) is 0. The summed E-state index contributed by atoms with van der Waals surface area (Å²) in [6.07, 6.45) is 7.22. The van der Waals surface area contributed by atoms with E-state index < -0.39 is 5.97 Å². The molecule has 1 amide bonds. The average molecular weight is 380 g/mol. The summed E-state index contributed by atoms with van der Waals surface area (Å²) in [5.74, 6) is -0.672. The minimum Gasteiger partial charge on any atom is -0.481 e. The Kier molecular flexibility index (Phi) is 4.77. The summed E-state index contributed by atoms with van der Waals surface area (Å²) in [5, 5.41) is 8.78. The Morgan fingerprint density at radius 1 is 1.18 bits per heavy atom. The quantitative estimate of drug-likeness (QED) is 0.762. The van der Waals surface area contributed by atoms with E-state index in [1.165, 1.54) is 22.5 Å². The number of amides is 1. The molecule has 1 aromatic carbocycles. The highest BCUT2D eigenvalue weighted by atomic mass is 16.4. The molecule has 0 saturated carbocycles. The number of benzene rings is 1. The largest absolute Gasteiger partial charge is 0.481 e. The molecule has 0 fully saturated rings. The van der Waals surface area contributed by atoms with Crippen LogP contribution in [-0.4, -0.2) is 41.0 Å². The van der Waals surface area contributed by atoms with Gasteiger partial charge in [0.15, 0.2) is 0 Å². The predicted octanol–water partition coefficient (Wildman–Crippen LogP) is 3.85. The molecular weight excluding hydrogens is 352 g/mol. The Morgan fingerprint density at radius 3 is 2.75 bits per heavy atom. The summed E-state index contributed by atoms with van der Waals surface area (Å²) in [6.45, 7) is 6.16. The summed E-state index contributed by atoms with van der Waals surface area (Å²) in [4.78, 5) is 27.7. The van der Waals surface area contributed by atoms with Crippen LogP contribution in [0.15, 0.2) is 47.7 Å². The van der Waals surface area contributed by atoms with Crippen molar-refractivity contribution in [2.24, 2.45) is 0 Å². The zero-order chi connectivity index (χ0) is 19.9. The summed E-state index contributed by atoms with van der Waals surface area (Å²) in [5.41, 5.74) is 5.15. The molecule has 1 aromatic rings. The number of fused-ring (bicyclic) bond motifs is 4. The van der Waals surface area contributed by atoms with Gasteiger partial charge in [0.1, 0.15) is 0 Å². The van der Waals surface area contributed by atoms with E-state index in [9.17, 15) is 9.59 Å². The van der Waals surface area contributed by atoms with E-state index in [-0.39, 0.29) is 23.8 Å². The molecule has 0 aromatic heterocycles. The predicted molar refractivity (Wildman–Crippen MR) is 109 cm³/mol. The highest BCUT2D eigenvalue weighted by molar-refractivity contribution is 5.91. The zero-order valence-corrected chi connectivity index (χ0v) is 16.6. The van der Waals surface area contributed by atoms with Crippen LogP contribution in [0.1, 0.15) is 51.5 Å². The fourth-order valence-electron chi connectivity index (χ4n) is 5.06. The number of nitrogens with zero attached hydrogens (tertiary/aromatic N) is 2. The first kappa shape index (κ1) is 18.8. The first-order valence-corrected chi connectivity index (χ1v) is 10.2. The summed E-state index contributed by atoms with van der Waals surface area (Å²) in [6, 6.07) is 8.73. The molecule has 3 aliphatic rings. The topological polar surface area (TPSA) is 60.9 Å². The maximum absolute atomic E-state index is 12.6. The molecule has 0 aliphatic carbocycles. The number of carbonyl (C=O) groups is 2. The van der Waals surface area contributed by atoms with Crippen LogP contribution >= 0.6 is 0 Å². The lowest BCUT2D eigenvalue weighted by Crippen LogP contribution is -2.49. The minimum absolute atomic E-state index is 0.0781. The van der Waals surface area contributed by atoms with Gasteiger partial charge in [-0.2, -0.15) is 0 Å². The number of carbonyl (C=O) groups excluding carboxylic acids is 1. The van der Waals surface area contributed by atoms with Crippen LogP contribution in [0.3, 0.4) is 0 Å². The Balaban J connectivity index is 1.59. The second-order valence-electron chi connectivity index (χ2n) is 8.47. The smallest absolute Gasteiger partial charge is 0.303 e. The van der Waals surface area contributed by atoms with Gasteiger partial charge in [-0.25, -0.2) is 0 Å². The average Bonchev–Trinajstić information content (AvgIpc) is 2.91. The second-order valence-corrected chi connectivity index (χ2v) is 8.47. The molecule has 0 spiro atoms. The Labute approximate surface area is 166 Å². The molecule has 0 bridgehead atoms. The fraction of sp³-hybridized carbons (Fsp3) is 0.478. The molecule has 1 unspecified atom stereocenters. The lowest BCUT2D eigenvalue weighted by Gasteiger charge is -2.43. The Morgan fingerprint density at radius 2 is 1.96 bits per heavy atom. The Hall–Kier alpha value is -2.56. The van der Waals surface area contributed by atoms with E-state index in [1.54, 1.807) is 6.08 Å². The molecule has 0 radical (unpaired) electrons. The van der Waals surface area contributed by atoms with Gasteiger partial charge in [-0.1, -0.05) is 38.5 Å². The number of hydrogen-bond donors (Lipinski definition) is 1. The highest BCUT2D eigenvalue weighted by Crippen LogP contribution is 2.51. The van der Waals surface area contributed by atoms with Crippen molar-refractivity contribution in [1.82, 2.24) is 4.90 Å². The molecular formula is C23H28N2O3. The van der Waals surface area contributed by atoms with Gasteiger partial charge in [0.25, 0.3) is 0 Å². The van der Waals surface area contributed by atoms with Crippen molar-refractivity contribution in [3.63, 3.8) is 0 Å². The number of hydrogen-bond acceptors (Lipinski definition) is 3. The van der Waals surface area contributed by atoms with Gasteiger partial charge in [0.05, 0.1) is 6.04 Å². The lowest BCUT2D eigenvalue weighted by atomic mass is 9.78. The van der Waals surface area contributed by atoms with E-state index in [1.807, 2.05) is 11.0 Å². The van der Waals surface area contributed by atoms with E-state index in [0.717, 1.165) is 25.8 Å². The molecule has 4 rings (SSSR count). The molecule has 5 heteroatoms. The van der Waals surface area contributed by atoms with Crippen LogP contribution in [-0.2, 0) is 15.0 Å². The lowest BCUT2D eigenvalue weighted by molar-refractivity contribution is -0.137. The van der Waals surface area contributed by atoms with E-state index >= 15 is 0 Å². The number of para-hydroxylation sites is 1. The molecule has 3 heterocycles. The summed E-state index contributed by atoms with van der Waals surface area (Å²) >= 11 is 0. The van der Waals surface area contributed by atoms with Crippen molar-refractivity contribution >= 4 is 17.6 Å². The van der Waals surface area contributed by atoms with Crippen LogP contribution in [0.2, 0.25) is 0 Å². The van der Waals surface area contributed by atoms with Gasteiger partial charge in [0.2, 0.25) is 5.91 Å². The molecule has 1 N–H and O–H groups in total. The molecule has 0 saturated heterocycles. The van der Waals surface area contributed by atoms with E-state index in [0.29, 0.717) is 13.0 Å². The number of anilines is 1. The molecule has 3 aliphatic heterocycles. The van der Waals surface area contributed by atoms with Crippen molar-refractivity contribution in [3.8, 4) is 0 Å². The van der Waals surface area contributed by atoms with Gasteiger partial charge in [-0.05, 0) is 42.5 Å². The molecule has 5 nitrogen and oxygen atoms in total. The number of rotatable bonds is 6. The SMILES string of the molecule is CC1(C)C2=C3C=CC(=O)N(CCCCCC(=O)O)C3CCN2c2ccccc21. The monoisotopic (exact) mass is 380 g/mol. The van der Waals surface area contributed by atoms with Crippen LogP contribution in [0, 0.1) is 0 Å². The van der Waals surface area contributed by atoms with Crippen LogP contribution in [0.5, 0.6) is 0 Å². The number of carboxylic acids is 1. The minimum atomic E-state index is -0.751. The Bertz CT molecular complexity index is 868. The number of carboxylic acid groups (broad SMARTS) is 1. The highest BCUT2D eigenvalue weighted by Gasteiger charge is 2.46. The number of unbranched alkanes of at least 4 members (excludes halogenated alkanes) is 2. The first-order valence-electron chi connectivity index (χ1n) is 10.2. The maximum atomic E-state index is 12.6. The van der Waals surface area contributed by atoms with Crippen molar-refractivity contribution in [3.05, 3.63) is 53.3 Å². The van der Waals surface area contributed by atoms with Crippen molar-refractivity contribution in [1.29, 1.82) is 0 Å². The third kappa shape index (κ3) is 3.03. The normalized spacial score (nSPS) is 22.2. The van der Waals surface area contributed by atoms with Crippen LogP contribution in [0.4, 0.5) is 5.69 Å². The molecule has 28 heavy (non-hydrogen) atoms. The summed E-state index contributed by atoms with van der Waals surface area (Å²) < 4.78 is 0. The number of aliphatic carboxylic acids is 1. The van der Waals surface area contributed by atoms with Gasteiger partial charge in [-0.3, -0.25) is 9.59 Å². The van der Waals surface area contributed by atoms with Crippen molar-refractivity contribution in [2.45, 2.75) is 57.4 Å². The van der Waals surface area contributed by atoms with E-state index in [2.05, 4.69) is 43.0 Å². The number of allylic oxidation sites excluding steroid dienone is 1. The maximum Gasteiger partial charge on any atom is 0.303 e. The first-order chi connectivity index (χ1) is 13.4. The third-order valence-corrected chi connectivity index (χ3v) is 6.34. The van der Waals surface area contributed by atoms with Gasteiger partial charge >= 0.3 is 5.97 Å². The molecule has 1 atom stereocenters. The zero-order valence-electron chi connectivity index (χ0n) is 16.6. The van der Waals surface area contributed by atoms with Gasteiger partial charge < -0.3 is 14.9 Å². The van der Waals surface area contributed by atoms with Crippen LogP contribution in [0.25, 0.3) is 0 Å². The van der Waals surface area contributed by atoms with E-state index in [4.69, 9.17) is 5.11 Å². The van der Waals surface area contributed by atoms with Crippen molar-refractivity contribution < 1.29 is 14.7 Å².